The summed E-state index contributed by atoms with van der Waals surface area (Å²) in [5, 5.41) is 0. The SMILES string of the molecule is CN[Si]1(C)O[Si](C)(NC)O[Si](C)(NC)O1. The summed E-state index contributed by atoms with van der Waals surface area (Å²) >= 11 is 0. The molecule has 0 spiro atoms. The van der Waals surface area contributed by atoms with E-state index in [0.717, 1.165) is 0 Å². The predicted octanol–water partition coefficient (Wildman–Crippen LogP) is -0.586. The molecule has 0 aromatic carbocycles. The van der Waals surface area contributed by atoms with E-state index in [4.69, 9.17) is 12.3 Å². The van der Waals surface area contributed by atoms with Crippen LogP contribution in [-0.4, -0.2) is 47.3 Å². The zero-order valence-electron chi connectivity index (χ0n) is 10.2. The van der Waals surface area contributed by atoms with E-state index in [1.54, 1.807) is 0 Å². The van der Waals surface area contributed by atoms with Gasteiger partial charge in [-0.05, 0) is 40.8 Å². The highest BCUT2D eigenvalue weighted by Gasteiger charge is 2.57. The quantitative estimate of drug-likeness (QED) is 0.595. The summed E-state index contributed by atoms with van der Waals surface area (Å²) in [4.78, 5) is 9.49. The number of hydrogen-bond acceptors (Lipinski definition) is 6. The van der Waals surface area contributed by atoms with Crippen molar-refractivity contribution in [1.82, 2.24) is 14.9 Å². The molecule has 1 rings (SSSR count). The summed E-state index contributed by atoms with van der Waals surface area (Å²) in [6.07, 6.45) is 0. The molecule has 90 valence electrons. The van der Waals surface area contributed by atoms with Crippen molar-refractivity contribution in [2.45, 2.75) is 19.6 Å². The minimum Gasteiger partial charge on any atom is -0.392 e. The molecular formula is C6H21N3O3Si3. The Hall–Kier alpha value is 0.411. The van der Waals surface area contributed by atoms with Gasteiger partial charge < -0.3 is 12.3 Å². The van der Waals surface area contributed by atoms with Crippen LogP contribution in [0, 0.1) is 0 Å². The average molecular weight is 268 g/mol. The van der Waals surface area contributed by atoms with Crippen LogP contribution in [0.15, 0.2) is 0 Å². The highest BCUT2D eigenvalue weighted by atomic mass is 28.5. The number of rotatable bonds is 3. The molecule has 0 atom stereocenters. The molecule has 15 heavy (non-hydrogen) atoms. The Morgan fingerprint density at radius 1 is 0.600 bits per heavy atom. The third-order valence-corrected chi connectivity index (χ3v) is 14.6. The van der Waals surface area contributed by atoms with Gasteiger partial charge in [0.25, 0.3) is 0 Å². The van der Waals surface area contributed by atoms with Gasteiger partial charge in [-0.1, -0.05) is 0 Å². The fourth-order valence-corrected chi connectivity index (χ4v) is 14.5. The monoisotopic (exact) mass is 267 g/mol. The second-order valence-electron chi connectivity index (χ2n) is 3.89. The Labute approximate surface area is 94.7 Å². The summed E-state index contributed by atoms with van der Waals surface area (Å²) in [6.45, 7) is 6.00. The van der Waals surface area contributed by atoms with Gasteiger partial charge in [-0.2, -0.15) is 0 Å². The predicted molar refractivity (Wildman–Crippen MR) is 65.3 cm³/mol. The lowest BCUT2D eigenvalue weighted by Gasteiger charge is -2.48. The molecule has 0 bridgehead atoms. The Morgan fingerprint density at radius 3 is 0.933 bits per heavy atom. The zero-order chi connectivity index (χ0) is 11.7. The fraction of sp³-hybridized carbons (Fsp3) is 1.00. The van der Waals surface area contributed by atoms with Crippen LogP contribution in [0.2, 0.25) is 19.6 Å². The van der Waals surface area contributed by atoms with E-state index in [1.165, 1.54) is 0 Å². The van der Waals surface area contributed by atoms with Gasteiger partial charge in [-0.3, -0.25) is 14.9 Å². The van der Waals surface area contributed by atoms with Crippen LogP contribution in [0.4, 0.5) is 0 Å². The summed E-state index contributed by atoms with van der Waals surface area (Å²) in [7, 11) is -1.30. The maximum absolute atomic E-state index is 5.96. The zero-order valence-corrected chi connectivity index (χ0v) is 13.2. The maximum Gasteiger partial charge on any atom is 0.405 e. The molecule has 0 aromatic heterocycles. The van der Waals surface area contributed by atoms with Gasteiger partial charge in [0.2, 0.25) is 0 Å². The lowest BCUT2D eigenvalue weighted by Crippen LogP contribution is -2.78. The molecule has 0 radical (unpaired) electrons. The Morgan fingerprint density at radius 2 is 0.800 bits per heavy atom. The van der Waals surface area contributed by atoms with Gasteiger partial charge >= 0.3 is 26.2 Å². The highest BCUT2D eigenvalue weighted by Crippen LogP contribution is 2.25. The molecule has 6 nitrogen and oxygen atoms in total. The van der Waals surface area contributed by atoms with Gasteiger partial charge in [-0.25, -0.2) is 0 Å². The summed E-state index contributed by atoms with van der Waals surface area (Å²) in [6, 6.07) is 0. The third kappa shape index (κ3) is 2.95. The van der Waals surface area contributed by atoms with Crippen molar-refractivity contribution in [3.8, 4) is 0 Å². The van der Waals surface area contributed by atoms with Crippen molar-refractivity contribution >= 4 is 26.2 Å². The van der Waals surface area contributed by atoms with Crippen LogP contribution in [0.25, 0.3) is 0 Å². The van der Waals surface area contributed by atoms with Gasteiger partial charge in [0.1, 0.15) is 0 Å². The van der Waals surface area contributed by atoms with Crippen LogP contribution in [0.1, 0.15) is 0 Å². The third-order valence-electron chi connectivity index (χ3n) is 2.53. The van der Waals surface area contributed by atoms with Crippen LogP contribution < -0.4 is 14.9 Å². The molecule has 1 heterocycles. The molecule has 3 N–H and O–H groups in total. The van der Waals surface area contributed by atoms with Gasteiger partial charge in [0, 0.05) is 0 Å². The number of nitrogens with one attached hydrogen (secondary N) is 3. The average Bonchev–Trinajstić information content (AvgIpc) is 2.16. The summed E-state index contributed by atoms with van der Waals surface area (Å²) in [5.74, 6) is 0. The first kappa shape index (κ1) is 13.5. The normalized spacial score (nSPS) is 46.8. The summed E-state index contributed by atoms with van der Waals surface area (Å²) in [5.41, 5.74) is 0. The largest absolute Gasteiger partial charge is 0.405 e. The highest BCUT2D eigenvalue weighted by molar-refractivity contribution is 6.91. The minimum absolute atomic E-state index is 1.87. The van der Waals surface area contributed by atoms with Crippen LogP contribution in [0.5, 0.6) is 0 Å². The molecule has 9 heteroatoms. The molecule has 0 amide bonds. The van der Waals surface area contributed by atoms with E-state index in [-0.39, 0.29) is 0 Å². The molecule has 1 saturated heterocycles. The summed E-state index contributed by atoms with van der Waals surface area (Å²) < 4.78 is 17.9. The van der Waals surface area contributed by atoms with Gasteiger partial charge in [-0.15, -0.1) is 0 Å². The fourth-order valence-electron chi connectivity index (χ4n) is 1.48. The molecule has 1 fully saturated rings. The van der Waals surface area contributed by atoms with Crippen molar-refractivity contribution in [1.29, 1.82) is 0 Å². The standard InChI is InChI=1S/C6H21N3O3Si3/c1-7-13(4)10-14(5,8-2)12-15(6,9-3)11-13/h7-9H,1-6H3. The lowest BCUT2D eigenvalue weighted by atomic mass is 11.6. The van der Waals surface area contributed by atoms with Crippen LogP contribution in [-0.2, 0) is 12.3 Å². The minimum atomic E-state index is -2.30. The second kappa shape index (κ2) is 4.35. The Bertz CT molecular complexity index is 199. The van der Waals surface area contributed by atoms with Crippen molar-refractivity contribution in [2.75, 3.05) is 21.1 Å². The molecule has 0 saturated carbocycles. The van der Waals surface area contributed by atoms with E-state index in [9.17, 15) is 0 Å². The van der Waals surface area contributed by atoms with E-state index in [2.05, 4.69) is 14.9 Å². The molecule has 1 aliphatic heterocycles. The van der Waals surface area contributed by atoms with Crippen molar-refractivity contribution < 1.29 is 12.3 Å². The van der Waals surface area contributed by atoms with E-state index >= 15 is 0 Å². The Kier molecular flexibility index (Phi) is 3.91. The lowest BCUT2D eigenvalue weighted by molar-refractivity contribution is 0.203. The first-order valence-corrected chi connectivity index (χ1v) is 11.9. The van der Waals surface area contributed by atoms with Crippen LogP contribution in [0.3, 0.4) is 0 Å². The topological polar surface area (TPSA) is 63.8 Å². The van der Waals surface area contributed by atoms with Gasteiger partial charge in [0.05, 0.1) is 0 Å². The first-order chi connectivity index (χ1) is 6.80. The van der Waals surface area contributed by atoms with E-state index < -0.39 is 26.2 Å². The molecular weight excluding hydrogens is 246 g/mol. The molecule has 1 aliphatic rings. The van der Waals surface area contributed by atoms with Crippen LogP contribution >= 0.6 is 0 Å². The molecule has 0 unspecified atom stereocenters. The number of hydrogen-bond donors (Lipinski definition) is 3. The first-order valence-electron chi connectivity index (χ1n) is 4.97. The van der Waals surface area contributed by atoms with E-state index in [1.807, 2.05) is 40.8 Å². The smallest absolute Gasteiger partial charge is 0.392 e. The second-order valence-corrected chi connectivity index (χ2v) is 13.5. The Balaban J connectivity index is 2.92. The van der Waals surface area contributed by atoms with Crippen molar-refractivity contribution in [2.24, 2.45) is 0 Å². The molecule has 0 aliphatic carbocycles. The van der Waals surface area contributed by atoms with Gasteiger partial charge in [0.15, 0.2) is 0 Å². The van der Waals surface area contributed by atoms with Crippen molar-refractivity contribution in [3.05, 3.63) is 0 Å². The van der Waals surface area contributed by atoms with E-state index in [0.29, 0.717) is 0 Å². The van der Waals surface area contributed by atoms with Crippen molar-refractivity contribution in [3.63, 3.8) is 0 Å². The molecule has 0 aromatic rings. The maximum atomic E-state index is 5.96.